The molecule has 0 aliphatic carbocycles. The Bertz CT molecular complexity index is 668. The molecular formula is C12H12BrN5O. The number of benzene rings is 1. The minimum atomic E-state index is -0.577. The Morgan fingerprint density at radius 1 is 1.47 bits per heavy atom. The van der Waals surface area contributed by atoms with Crippen molar-refractivity contribution in [2.45, 2.75) is 25.8 Å². The van der Waals surface area contributed by atoms with Gasteiger partial charge in [-0.05, 0) is 42.0 Å². The van der Waals surface area contributed by atoms with Gasteiger partial charge < -0.3 is 5.32 Å². The maximum atomic E-state index is 12.4. The van der Waals surface area contributed by atoms with Crippen LogP contribution in [0.25, 0.3) is 5.69 Å². The Morgan fingerprint density at radius 2 is 2.26 bits per heavy atom. The molecule has 1 aliphatic heterocycles. The zero-order valence-corrected chi connectivity index (χ0v) is 12.1. The number of carbonyl (C=O) groups is 1. The number of aromatic nitrogens is 4. The van der Waals surface area contributed by atoms with Crippen molar-refractivity contribution >= 4 is 21.8 Å². The molecule has 0 saturated heterocycles. The molecule has 0 fully saturated rings. The summed E-state index contributed by atoms with van der Waals surface area (Å²) in [6.07, 6.45) is 0.703. The van der Waals surface area contributed by atoms with E-state index < -0.39 is 5.54 Å². The van der Waals surface area contributed by atoms with Gasteiger partial charge in [0.15, 0.2) is 5.82 Å². The average molecular weight is 322 g/mol. The standard InChI is InChI=1S/C12H12BrN5O/c1-3-12(2)11-15-16-17-18(11)9-5-4-7(13)6-8(9)10(19)14-12/h4-6H,3H2,1-2H3,(H,14,19)/t12-/m0/s1. The molecule has 0 radical (unpaired) electrons. The first-order valence-electron chi connectivity index (χ1n) is 5.96. The van der Waals surface area contributed by atoms with Gasteiger partial charge in [0.2, 0.25) is 0 Å². The quantitative estimate of drug-likeness (QED) is 0.869. The van der Waals surface area contributed by atoms with Crippen molar-refractivity contribution in [3.63, 3.8) is 0 Å². The lowest BCUT2D eigenvalue weighted by Crippen LogP contribution is -2.43. The predicted octanol–water partition coefficient (Wildman–Crippen LogP) is 1.79. The van der Waals surface area contributed by atoms with E-state index in [9.17, 15) is 4.79 Å². The number of rotatable bonds is 1. The van der Waals surface area contributed by atoms with Crippen LogP contribution in [0.2, 0.25) is 0 Å². The smallest absolute Gasteiger partial charge is 0.254 e. The maximum absolute atomic E-state index is 12.4. The third-order valence-corrected chi connectivity index (χ3v) is 3.98. The van der Waals surface area contributed by atoms with Gasteiger partial charge in [0.05, 0.1) is 16.8 Å². The molecule has 2 heterocycles. The van der Waals surface area contributed by atoms with E-state index in [1.807, 2.05) is 26.0 Å². The fourth-order valence-electron chi connectivity index (χ4n) is 2.19. The van der Waals surface area contributed by atoms with Crippen LogP contribution < -0.4 is 5.32 Å². The van der Waals surface area contributed by atoms with Crippen molar-refractivity contribution in [3.05, 3.63) is 34.1 Å². The van der Waals surface area contributed by atoms with Crippen LogP contribution in [0, 0.1) is 0 Å². The molecular weight excluding hydrogens is 310 g/mol. The molecule has 1 aliphatic rings. The van der Waals surface area contributed by atoms with Gasteiger partial charge in [-0.2, -0.15) is 4.68 Å². The lowest BCUT2D eigenvalue weighted by molar-refractivity contribution is 0.0902. The van der Waals surface area contributed by atoms with E-state index in [0.29, 0.717) is 23.5 Å². The number of nitrogens with one attached hydrogen (secondary N) is 1. The lowest BCUT2D eigenvalue weighted by Gasteiger charge is -2.25. The number of fused-ring (bicyclic) bond motifs is 3. The van der Waals surface area contributed by atoms with Crippen molar-refractivity contribution in [3.8, 4) is 5.69 Å². The second kappa shape index (κ2) is 4.12. The average Bonchev–Trinajstić information content (AvgIpc) is 2.85. The lowest BCUT2D eigenvalue weighted by atomic mass is 9.98. The van der Waals surface area contributed by atoms with Crippen molar-refractivity contribution < 1.29 is 4.79 Å². The van der Waals surface area contributed by atoms with Crippen LogP contribution in [0.3, 0.4) is 0 Å². The van der Waals surface area contributed by atoms with E-state index in [2.05, 4.69) is 36.8 Å². The van der Waals surface area contributed by atoms with Crippen LogP contribution in [0.5, 0.6) is 0 Å². The van der Waals surface area contributed by atoms with Crippen LogP contribution in [-0.2, 0) is 5.54 Å². The summed E-state index contributed by atoms with van der Waals surface area (Å²) in [5.41, 5.74) is 0.671. The third-order valence-electron chi connectivity index (χ3n) is 3.49. The molecule has 19 heavy (non-hydrogen) atoms. The van der Waals surface area contributed by atoms with Gasteiger partial charge >= 0.3 is 0 Å². The van der Waals surface area contributed by atoms with Gasteiger partial charge in [0.25, 0.3) is 5.91 Å². The number of hydrogen-bond donors (Lipinski definition) is 1. The number of halogens is 1. The van der Waals surface area contributed by atoms with Crippen molar-refractivity contribution in [2.24, 2.45) is 0 Å². The van der Waals surface area contributed by atoms with Crippen molar-refractivity contribution in [1.82, 2.24) is 25.5 Å². The topological polar surface area (TPSA) is 72.7 Å². The molecule has 1 aromatic carbocycles. The highest BCUT2D eigenvalue weighted by Gasteiger charge is 2.37. The molecule has 1 amide bonds. The van der Waals surface area contributed by atoms with Crippen LogP contribution in [0.1, 0.15) is 36.5 Å². The molecule has 1 atom stereocenters. The minimum Gasteiger partial charge on any atom is -0.339 e. The summed E-state index contributed by atoms with van der Waals surface area (Å²) in [4.78, 5) is 12.4. The fraction of sp³-hybridized carbons (Fsp3) is 0.333. The summed E-state index contributed by atoms with van der Waals surface area (Å²) in [6, 6.07) is 5.48. The highest BCUT2D eigenvalue weighted by molar-refractivity contribution is 9.10. The van der Waals surface area contributed by atoms with E-state index in [1.54, 1.807) is 10.7 Å². The number of carbonyl (C=O) groups excluding carboxylic acids is 1. The van der Waals surface area contributed by atoms with Gasteiger partial charge in [0.1, 0.15) is 0 Å². The monoisotopic (exact) mass is 321 g/mol. The summed E-state index contributed by atoms with van der Waals surface area (Å²) < 4.78 is 2.47. The zero-order chi connectivity index (χ0) is 13.6. The molecule has 0 bridgehead atoms. The Hall–Kier alpha value is -1.76. The Balaban J connectivity index is 2.31. The van der Waals surface area contributed by atoms with E-state index in [-0.39, 0.29) is 5.91 Å². The third kappa shape index (κ3) is 1.76. The van der Waals surface area contributed by atoms with Crippen molar-refractivity contribution in [2.75, 3.05) is 0 Å². The Labute approximate surface area is 118 Å². The molecule has 7 heteroatoms. The predicted molar refractivity (Wildman–Crippen MR) is 72.0 cm³/mol. The highest BCUT2D eigenvalue weighted by atomic mass is 79.9. The second-order valence-corrected chi connectivity index (χ2v) is 5.63. The second-order valence-electron chi connectivity index (χ2n) is 4.72. The first kappa shape index (κ1) is 12.3. The SMILES string of the molecule is CC[C@]1(C)NC(=O)c2cc(Br)ccc2-n2nnnc21. The van der Waals surface area contributed by atoms with Gasteiger partial charge in [0, 0.05) is 4.47 Å². The van der Waals surface area contributed by atoms with Crippen LogP contribution >= 0.6 is 15.9 Å². The fourth-order valence-corrected chi connectivity index (χ4v) is 2.55. The maximum Gasteiger partial charge on any atom is 0.254 e. The number of hydrogen-bond acceptors (Lipinski definition) is 4. The van der Waals surface area contributed by atoms with Crippen LogP contribution in [0.15, 0.2) is 22.7 Å². The van der Waals surface area contributed by atoms with E-state index >= 15 is 0 Å². The number of nitrogens with zero attached hydrogens (tertiary/aromatic N) is 4. The van der Waals surface area contributed by atoms with Crippen LogP contribution in [-0.4, -0.2) is 26.1 Å². The molecule has 1 aromatic heterocycles. The summed E-state index contributed by atoms with van der Waals surface area (Å²) in [6.45, 7) is 3.92. The summed E-state index contributed by atoms with van der Waals surface area (Å²) in [5, 5.41) is 14.8. The molecule has 1 N–H and O–H groups in total. The van der Waals surface area contributed by atoms with E-state index in [1.165, 1.54) is 0 Å². The first-order chi connectivity index (χ1) is 9.05. The molecule has 98 valence electrons. The number of tetrazole rings is 1. The number of amides is 1. The first-order valence-corrected chi connectivity index (χ1v) is 6.76. The molecule has 0 unspecified atom stereocenters. The molecule has 6 nitrogen and oxygen atoms in total. The molecule has 3 rings (SSSR count). The van der Waals surface area contributed by atoms with E-state index in [4.69, 9.17) is 0 Å². The Kier molecular flexibility index (Phi) is 2.67. The zero-order valence-electron chi connectivity index (χ0n) is 10.5. The van der Waals surface area contributed by atoms with Gasteiger partial charge in [-0.1, -0.05) is 22.9 Å². The molecule has 0 saturated carbocycles. The van der Waals surface area contributed by atoms with Gasteiger partial charge in [-0.3, -0.25) is 4.79 Å². The van der Waals surface area contributed by atoms with Gasteiger partial charge in [-0.15, -0.1) is 5.10 Å². The minimum absolute atomic E-state index is 0.132. The molecule has 0 spiro atoms. The normalized spacial score (nSPS) is 21.3. The van der Waals surface area contributed by atoms with Crippen LogP contribution in [0.4, 0.5) is 0 Å². The summed E-state index contributed by atoms with van der Waals surface area (Å²) in [5.74, 6) is 0.511. The van der Waals surface area contributed by atoms with Crippen molar-refractivity contribution in [1.29, 1.82) is 0 Å². The Morgan fingerprint density at radius 3 is 3.00 bits per heavy atom. The van der Waals surface area contributed by atoms with E-state index in [0.717, 1.165) is 4.47 Å². The summed E-state index contributed by atoms with van der Waals surface area (Å²) in [7, 11) is 0. The largest absolute Gasteiger partial charge is 0.339 e. The highest BCUT2D eigenvalue weighted by Crippen LogP contribution is 2.30. The van der Waals surface area contributed by atoms with Gasteiger partial charge in [-0.25, -0.2) is 0 Å². The summed E-state index contributed by atoms with van der Waals surface area (Å²) >= 11 is 3.38. The molecule has 2 aromatic rings.